The normalized spacial score (nSPS) is 11.1. The molecule has 0 unspecified atom stereocenters. The van der Waals surface area contributed by atoms with Gasteiger partial charge in [-0.25, -0.2) is 4.68 Å². The number of hydrogen-bond acceptors (Lipinski definition) is 3. The lowest BCUT2D eigenvalue weighted by atomic mass is 9.90. The molecule has 80 valence electrons. The minimum absolute atomic E-state index is 0.175. The Morgan fingerprint density at radius 2 is 2.20 bits per heavy atom. The van der Waals surface area contributed by atoms with Gasteiger partial charge in [-0.15, -0.1) is 6.58 Å². The molecule has 0 aliphatic carbocycles. The van der Waals surface area contributed by atoms with Crippen LogP contribution in [-0.4, -0.2) is 9.78 Å². The van der Waals surface area contributed by atoms with E-state index in [0.29, 0.717) is 17.9 Å². The highest BCUT2D eigenvalue weighted by atomic mass is 15.3. The average Bonchev–Trinajstić information content (AvgIpc) is 2.44. The van der Waals surface area contributed by atoms with Gasteiger partial charge in [0.1, 0.15) is 17.5 Å². The first-order valence-corrected chi connectivity index (χ1v) is 4.79. The third kappa shape index (κ3) is 2.01. The van der Waals surface area contributed by atoms with Gasteiger partial charge in [0.25, 0.3) is 0 Å². The second-order valence-electron chi connectivity index (χ2n) is 4.44. The number of nitrogens with zero attached hydrogens (tertiary/aromatic N) is 3. The van der Waals surface area contributed by atoms with E-state index < -0.39 is 0 Å². The van der Waals surface area contributed by atoms with E-state index in [2.05, 4.69) is 17.7 Å². The first kappa shape index (κ1) is 11.3. The minimum Gasteiger partial charge on any atom is -0.383 e. The van der Waals surface area contributed by atoms with Crippen LogP contribution in [0.15, 0.2) is 12.7 Å². The number of nitrogens with two attached hydrogens (primary N) is 1. The first-order valence-electron chi connectivity index (χ1n) is 4.79. The molecule has 0 fully saturated rings. The summed E-state index contributed by atoms with van der Waals surface area (Å²) in [4.78, 5) is 0. The molecular weight excluding hydrogens is 188 g/mol. The SMILES string of the molecule is C=CCn1nc(C(C)(C)C)c(C#N)c1N. The molecule has 0 aliphatic heterocycles. The van der Waals surface area contributed by atoms with E-state index >= 15 is 0 Å². The van der Waals surface area contributed by atoms with Crippen molar-refractivity contribution < 1.29 is 0 Å². The van der Waals surface area contributed by atoms with Gasteiger partial charge in [-0.05, 0) is 0 Å². The van der Waals surface area contributed by atoms with E-state index in [0.717, 1.165) is 5.69 Å². The summed E-state index contributed by atoms with van der Waals surface area (Å²) < 4.78 is 1.60. The second-order valence-corrected chi connectivity index (χ2v) is 4.44. The van der Waals surface area contributed by atoms with Crippen molar-refractivity contribution in [3.8, 4) is 6.07 Å². The third-order valence-corrected chi connectivity index (χ3v) is 2.12. The van der Waals surface area contributed by atoms with Crippen LogP contribution in [0.25, 0.3) is 0 Å². The molecule has 0 saturated heterocycles. The largest absolute Gasteiger partial charge is 0.383 e. The topological polar surface area (TPSA) is 67.6 Å². The number of hydrogen-bond donors (Lipinski definition) is 1. The summed E-state index contributed by atoms with van der Waals surface area (Å²) >= 11 is 0. The van der Waals surface area contributed by atoms with Crippen molar-refractivity contribution in [2.24, 2.45) is 0 Å². The van der Waals surface area contributed by atoms with Gasteiger partial charge in [-0.3, -0.25) is 0 Å². The fraction of sp³-hybridized carbons (Fsp3) is 0.455. The van der Waals surface area contributed by atoms with Gasteiger partial charge in [0.15, 0.2) is 0 Å². The first-order chi connectivity index (χ1) is 6.91. The van der Waals surface area contributed by atoms with E-state index in [1.165, 1.54) is 0 Å². The van der Waals surface area contributed by atoms with Crippen LogP contribution < -0.4 is 5.73 Å². The van der Waals surface area contributed by atoms with Crippen LogP contribution in [0.5, 0.6) is 0 Å². The molecule has 1 aromatic heterocycles. The van der Waals surface area contributed by atoms with E-state index in [1.54, 1.807) is 10.8 Å². The highest BCUT2D eigenvalue weighted by Crippen LogP contribution is 2.27. The smallest absolute Gasteiger partial charge is 0.140 e. The monoisotopic (exact) mass is 204 g/mol. The third-order valence-electron chi connectivity index (χ3n) is 2.12. The summed E-state index contributed by atoms with van der Waals surface area (Å²) in [6, 6.07) is 2.11. The summed E-state index contributed by atoms with van der Waals surface area (Å²) in [6.07, 6.45) is 1.71. The van der Waals surface area contributed by atoms with Crippen LogP contribution in [-0.2, 0) is 12.0 Å². The summed E-state index contributed by atoms with van der Waals surface area (Å²) in [5, 5.41) is 13.4. The lowest BCUT2D eigenvalue weighted by Crippen LogP contribution is -2.14. The molecule has 1 heterocycles. The number of aromatic nitrogens is 2. The Hall–Kier alpha value is -1.76. The van der Waals surface area contributed by atoms with Crippen LogP contribution in [0.1, 0.15) is 32.0 Å². The Morgan fingerprint density at radius 3 is 2.53 bits per heavy atom. The fourth-order valence-corrected chi connectivity index (χ4v) is 1.37. The Morgan fingerprint density at radius 1 is 1.60 bits per heavy atom. The molecule has 1 aromatic rings. The lowest BCUT2D eigenvalue weighted by Gasteiger charge is -2.14. The minimum atomic E-state index is -0.175. The second kappa shape index (κ2) is 3.77. The van der Waals surface area contributed by atoms with E-state index in [4.69, 9.17) is 11.0 Å². The molecule has 1 rings (SSSR count). The van der Waals surface area contributed by atoms with Crippen LogP contribution in [0, 0.1) is 11.3 Å². The summed E-state index contributed by atoms with van der Waals surface area (Å²) in [5.74, 6) is 0.419. The van der Waals surface area contributed by atoms with Crippen molar-refractivity contribution in [2.45, 2.75) is 32.7 Å². The molecule has 0 spiro atoms. The van der Waals surface area contributed by atoms with Crippen molar-refractivity contribution in [2.75, 3.05) is 5.73 Å². The van der Waals surface area contributed by atoms with Gasteiger partial charge >= 0.3 is 0 Å². The van der Waals surface area contributed by atoms with Crippen molar-refractivity contribution in [1.82, 2.24) is 9.78 Å². The van der Waals surface area contributed by atoms with Gasteiger partial charge in [-0.2, -0.15) is 10.4 Å². The zero-order valence-corrected chi connectivity index (χ0v) is 9.41. The molecular formula is C11H16N4. The standard InChI is InChI=1S/C11H16N4/c1-5-6-15-10(13)8(7-12)9(14-15)11(2,3)4/h5H,1,6,13H2,2-4H3. The predicted octanol–water partition coefficient (Wildman–Crippen LogP) is 1.82. The molecule has 0 aromatic carbocycles. The van der Waals surface area contributed by atoms with Crippen molar-refractivity contribution in [3.05, 3.63) is 23.9 Å². The van der Waals surface area contributed by atoms with Crippen LogP contribution in [0.4, 0.5) is 5.82 Å². The Balaban J connectivity index is 3.36. The Bertz CT molecular complexity index is 415. The molecule has 4 heteroatoms. The van der Waals surface area contributed by atoms with Gasteiger partial charge in [0.2, 0.25) is 0 Å². The van der Waals surface area contributed by atoms with Crippen LogP contribution in [0.3, 0.4) is 0 Å². The van der Waals surface area contributed by atoms with Gasteiger partial charge in [-0.1, -0.05) is 26.8 Å². The van der Waals surface area contributed by atoms with Gasteiger partial charge < -0.3 is 5.73 Å². The summed E-state index contributed by atoms with van der Waals surface area (Å²) in [7, 11) is 0. The highest BCUT2D eigenvalue weighted by molar-refractivity contribution is 5.54. The maximum absolute atomic E-state index is 9.03. The molecule has 15 heavy (non-hydrogen) atoms. The van der Waals surface area contributed by atoms with Crippen molar-refractivity contribution >= 4 is 5.82 Å². The molecule has 0 saturated carbocycles. The Kier molecular flexibility index (Phi) is 2.85. The average molecular weight is 204 g/mol. The maximum Gasteiger partial charge on any atom is 0.140 e. The number of nitrogen functional groups attached to an aromatic ring is 1. The van der Waals surface area contributed by atoms with Crippen LogP contribution >= 0.6 is 0 Å². The zero-order chi connectivity index (χ0) is 11.6. The predicted molar refractivity (Wildman–Crippen MR) is 60.3 cm³/mol. The molecule has 0 amide bonds. The highest BCUT2D eigenvalue weighted by Gasteiger charge is 2.25. The number of anilines is 1. The molecule has 0 aliphatic rings. The van der Waals surface area contributed by atoms with Crippen molar-refractivity contribution in [1.29, 1.82) is 5.26 Å². The molecule has 4 nitrogen and oxygen atoms in total. The zero-order valence-electron chi connectivity index (χ0n) is 9.41. The molecule has 2 N–H and O–H groups in total. The Labute approximate surface area is 90.0 Å². The molecule has 0 bridgehead atoms. The van der Waals surface area contributed by atoms with Crippen molar-refractivity contribution in [3.63, 3.8) is 0 Å². The lowest BCUT2D eigenvalue weighted by molar-refractivity contribution is 0.547. The summed E-state index contributed by atoms with van der Waals surface area (Å²) in [6.45, 7) is 10.2. The van der Waals surface area contributed by atoms with Crippen LogP contribution in [0.2, 0.25) is 0 Å². The van der Waals surface area contributed by atoms with Gasteiger partial charge in [0, 0.05) is 5.41 Å². The fourth-order valence-electron chi connectivity index (χ4n) is 1.37. The number of nitriles is 1. The van der Waals surface area contributed by atoms with Gasteiger partial charge in [0.05, 0.1) is 12.2 Å². The maximum atomic E-state index is 9.03. The quantitative estimate of drug-likeness (QED) is 0.747. The van der Waals surface area contributed by atoms with E-state index in [-0.39, 0.29) is 5.41 Å². The molecule has 0 atom stereocenters. The molecule has 0 radical (unpaired) electrons. The summed E-state index contributed by atoms with van der Waals surface area (Å²) in [5.41, 5.74) is 6.87. The van der Waals surface area contributed by atoms with E-state index in [9.17, 15) is 0 Å². The number of allylic oxidation sites excluding steroid dienone is 1. The number of rotatable bonds is 2. The van der Waals surface area contributed by atoms with E-state index in [1.807, 2.05) is 20.8 Å².